The van der Waals surface area contributed by atoms with Crippen molar-refractivity contribution in [3.63, 3.8) is 0 Å². The molecule has 98 valence electrons. The van der Waals surface area contributed by atoms with Crippen molar-refractivity contribution in [2.45, 2.75) is 26.4 Å². The fourth-order valence-corrected chi connectivity index (χ4v) is 1.30. The molecule has 1 aromatic rings. The van der Waals surface area contributed by atoms with Gasteiger partial charge in [-0.25, -0.2) is 14.6 Å². The molecule has 1 aromatic carbocycles. The Morgan fingerprint density at radius 1 is 1.50 bits per heavy atom. The van der Waals surface area contributed by atoms with Crippen molar-refractivity contribution < 1.29 is 13.9 Å². The number of halogens is 2. The molecule has 0 aliphatic heterocycles. The van der Waals surface area contributed by atoms with Crippen LogP contribution in [0.3, 0.4) is 0 Å². The Labute approximate surface area is 110 Å². The number of benzene rings is 1. The third-order valence-corrected chi connectivity index (χ3v) is 2.08. The van der Waals surface area contributed by atoms with E-state index in [1.807, 2.05) is 0 Å². The van der Waals surface area contributed by atoms with Crippen molar-refractivity contribution in [2.75, 3.05) is 0 Å². The first-order valence-corrected chi connectivity index (χ1v) is 5.63. The molecule has 0 saturated carbocycles. The summed E-state index contributed by atoms with van der Waals surface area (Å²) in [4.78, 5) is 11.2. The number of nitrogens with one attached hydrogen (secondary N) is 1. The maximum atomic E-state index is 13.3. The first kappa shape index (κ1) is 14.4. The SMILES string of the molecule is CC(C)(C)OC(=O)N/N=C/c1c(F)cccc1Cl. The van der Waals surface area contributed by atoms with Gasteiger partial charge in [-0.1, -0.05) is 17.7 Å². The zero-order valence-corrected chi connectivity index (χ0v) is 11.1. The molecule has 6 heteroatoms. The average molecular weight is 273 g/mol. The van der Waals surface area contributed by atoms with E-state index in [4.69, 9.17) is 16.3 Å². The fourth-order valence-electron chi connectivity index (χ4n) is 1.08. The van der Waals surface area contributed by atoms with Gasteiger partial charge in [0.05, 0.1) is 11.2 Å². The zero-order chi connectivity index (χ0) is 13.8. The smallest absolute Gasteiger partial charge is 0.428 e. The highest BCUT2D eigenvalue weighted by Gasteiger charge is 2.15. The lowest BCUT2D eigenvalue weighted by molar-refractivity contribution is 0.0529. The van der Waals surface area contributed by atoms with Crippen LogP contribution in [0.5, 0.6) is 0 Å². The van der Waals surface area contributed by atoms with Crippen LogP contribution in [0.25, 0.3) is 0 Å². The zero-order valence-electron chi connectivity index (χ0n) is 10.3. The number of carbonyl (C=O) groups is 1. The summed E-state index contributed by atoms with van der Waals surface area (Å²) >= 11 is 5.78. The standard InChI is InChI=1S/C12H14ClFN2O2/c1-12(2,3)18-11(17)16-15-7-8-9(13)5-4-6-10(8)14/h4-7H,1-3H3,(H,16,17)/b15-7+. The summed E-state index contributed by atoms with van der Waals surface area (Å²) in [5.74, 6) is -0.516. The Morgan fingerprint density at radius 3 is 2.72 bits per heavy atom. The highest BCUT2D eigenvalue weighted by Crippen LogP contribution is 2.16. The molecular formula is C12H14ClFN2O2. The van der Waals surface area contributed by atoms with Gasteiger partial charge in [0.25, 0.3) is 0 Å². The lowest BCUT2D eigenvalue weighted by Gasteiger charge is -2.18. The predicted molar refractivity (Wildman–Crippen MR) is 68.4 cm³/mol. The van der Waals surface area contributed by atoms with Gasteiger partial charge in [0.15, 0.2) is 0 Å². The van der Waals surface area contributed by atoms with E-state index in [0.717, 1.165) is 6.21 Å². The molecule has 0 heterocycles. The van der Waals surface area contributed by atoms with Crippen molar-refractivity contribution in [3.05, 3.63) is 34.6 Å². The second kappa shape index (κ2) is 5.82. The number of amides is 1. The van der Waals surface area contributed by atoms with Crippen LogP contribution < -0.4 is 5.43 Å². The van der Waals surface area contributed by atoms with Crippen molar-refractivity contribution in [3.8, 4) is 0 Å². The van der Waals surface area contributed by atoms with Gasteiger partial charge in [0.2, 0.25) is 0 Å². The first-order valence-electron chi connectivity index (χ1n) is 5.25. The molecule has 1 rings (SSSR count). The molecule has 0 aromatic heterocycles. The summed E-state index contributed by atoms with van der Waals surface area (Å²) < 4.78 is 18.3. The summed E-state index contributed by atoms with van der Waals surface area (Å²) in [5.41, 5.74) is 1.62. The minimum absolute atomic E-state index is 0.107. The Morgan fingerprint density at radius 2 is 2.17 bits per heavy atom. The quantitative estimate of drug-likeness (QED) is 0.663. The summed E-state index contributed by atoms with van der Waals surface area (Å²) in [6.45, 7) is 5.18. The molecule has 0 aliphatic rings. The van der Waals surface area contributed by atoms with Crippen LogP contribution in [0.1, 0.15) is 26.3 Å². The van der Waals surface area contributed by atoms with Crippen LogP contribution in [0.15, 0.2) is 23.3 Å². The van der Waals surface area contributed by atoms with E-state index in [2.05, 4.69) is 10.5 Å². The number of carbonyl (C=O) groups excluding carboxylic acids is 1. The Bertz CT molecular complexity index is 449. The summed E-state index contributed by atoms with van der Waals surface area (Å²) in [7, 11) is 0. The van der Waals surface area contributed by atoms with Gasteiger partial charge >= 0.3 is 6.09 Å². The second-order valence-corrected chi connectivity index (χ2v) is 4.91. The van der Waals surface area contributed by atoms with Gasteiger partial charge in [0.1, 0.15) is 11.4 Å². The van der Waals surface area contributed by atoms with Crippen molar-refractivity contribution in [2.24, 2.45) is 5.10 Å². The van der Waals surface area contributed by atoms with Crippen LogP contribution in [-0.2, 0) is 4.74 Å². The topological polar surface area (TPSA) is 50.7 Å². The minimum Gasteiger partial charge on any atom is -0.443 e. The molecule has 0 radical (unpaired) electrons. The van der Waals surface area contributed by atoms with Gasteiger partial charge in [-0.15, -0.1) is 0 Å². The first-order chi connectivity index (χ1) is 8.29. The average Bonchev–Trinajstić information content (AvgIpc) is 2.19. The lowest BCUT2D eigenvalue weighted by Crippen LogP contribution is -2.29. The highest BCUT2D eigenvalue weighted by atomic mass is 35.5. The number of nitrogens with zero attached hydrogens (tertiary/aromatic N) is 1. The molecule has 0 bridgehead atoms. The van der Waals surface area contributed by atoms with E-state index < -0.39 is 17.5 Å². The number of rotatable bonds is 2. The van der Waals surface area contributed by atoms with Gasteiger partial charge < -0.3 is 4.74 Å². The molecule has 0 spiro atoms. The van der Waals surface area contributed by atoms with Crippen LogP contribution in [0, 0.1) is 5.82 Å². The molecule has 0 fully saturated rings. The van der Waals surface area contributed by atoms with Gasteiger partial charge in [0, 0.05) is 5.56 Å². The predicted octanol–water partition coefficient (Wildman–Crippen LogP) is 3.34. The molecule has 0 aliphatic carbocycles. The van der Waals surface area contributed by atoms with E-state index in [1.165, 1.54) is 18.2 Å². The van der Waals surface area contributed by atoms with Crippen molar-refractivity contribution >= 4 is 23.9 Å². The third kappa shape index (κ3) is 4.71. The van der Waals surface area contributed by atoms with Gasteiger partial charge in [-0.2, -0.15) is 5.10 Å². The highest BCUT2D eigenvalue weighted by molar-refractivity contribution is 6.33. The molecule has 0 atom stereocenters. The minimum atomic E-state index is -0.716. The third-order valence-electron chi connectivity index (χ3n) is 1.75. The van der Waals surface area contributed by atoms with Crippen molar-refractivity contribution in [1.82, 2.24) is 5.43 Å². The van der Waals surface area contributed by atoms with E-state index in [0.29, 0.717) is 0 Å². The van der Waals surface area contributed by atoms with Crippen LogP contribution >= 0.6 is 11.6 Å². The van der Waals surface area contributed by atoms with Gasteiger partial charge in [-0.3, -0.25) is 0 Å². The molecule has 4 nitrogen and oxygen atoms in total. The van der Waals surface area contributed by atoms with E-state index >= 15 is 0 Å². The van der Waals surface area contributed by atoms with E-state index in [9.17, 15) is 9.18 Å². The fraction of sp³-hybridized carbons (Fsp3) is 0.333. The molecule has 1 N–H and O–H groups in total. The molecule has 18 heavy (non-hydrogen) atoms. The Kier molecular flexibility index (Phi) is 4.67. The van der Waals surface area contributed by atoms with E-state index in [-0.39, 0.29) is 10.6 Å². The van der Waals surface area contributed by atoms with Crippen LogP contribution in [-0.4, -0.2) is 17.9 Å². The van der Waals surface area contributed by atoms with Gasteiger partial charge in [-0.05, 0) is 32.9 Å². The monoisotopic (exact) mass is 272 g/mol. The molecule has 0 saturated heterocycles. The number of hydrazone groups is 1. The number of ether oxygens (including phenoxy) is 1. The number of hydrogen-bond donors (Lipinski definition) is 1. The Hall–Kier alpha value is -1.62. The summed E-state index contributed by atoms with van der Waals surface area (Å²) in [5, 5.41) is 3.79. The maximum Gasteiger partial charge on any atom is 0.428 e. The second-order valence-electron chi connectivity index (χ2n) is 4.51. The number of hydrogen-bond acceptors (Lipinski definition) is 3. The van der Waals surface area contributed by atoms with Crippen LogP contribution in [0.2, 0.25) is 5.02 Å². The normalized spacial score (nSPS) is 11.6. The molecule has 0 unspecified atom stereocenters. The molecule has 1 amide bonds. The largest absolute Gasteiger partial charge is 0.443 e. The van der Waals surface area contributed by atoms with Crippen LogP contribution in [0.4, 0.5) is 9.18 Å². The maximum absolute atomic E-state index is 13.3. The molecular weight excluding hydrogens is 259 g/mol. The summed E-state index contributed by atoms with van der Waals surface area (Å²) in [6.07, 6.45) is 0.410. The lowest BCUT2D eigenvalue weighted by atomic mass is 10.2. The van der Waals surface area contributed by atoms with Crippen molar-refractivity contribution in [1.29, 1.82) is 0 Å². The Balaban J connectivity index is 2.63. The summed E-state index contributed by atoms with van der Waals surface area (Å²) in [6, 6.07) is 4.26. The van der Waals surface area contributed by atoms with E-state index in [1.54, 1.807) is 20.8 Å².